The molecule has 0 bridgehead atoms. The fourth-order valence-electron chi connectivity index (χ4n) is 3.33. The Morgan fingerprint density at radius 3 is 2.50 bits per heavy atom. The quantitative estimate of drug-likeness (QED) is 0.678. The lowest BCUT2D eigenvalue weighted by Gasteiger charge is -2.23. The minimum atomic E-state index is -0.266. The highest BCUT2D eigenvalue weighted by molar-refractivity contribution is 9.10. The second-order valence-electron chi connectivity index (χ2n) is 7.08. The summed E-state index contributed by atoms with van der Waals surface area (Å²) in [4.78, 5) is 28.7. The van der Waals surface area contributed by atoms with E-state index in [0.29, 0.717) is 11.3 Å². The van der Waals surface area contributed by atoms with Crippen molar-refractivity contribution < 1.29 is 9.59 Å². The molecule has 1 heterocycles. The van der Waals surface area contributed by atoms with Crippen LogP contribution in [0.1, 0.15) is 12.0 Å². The zero-order valence-corrected chi connectivity index (χ0v) is 18.2. The zero-order chi connectivity index (χ0) is 21.3. The number of nitrogens with one attached hydrogen (secondary N) is 2. The molecule has 0 aromatic heterocycles. The van der Waals surface area contributed by atoms with E-state index in [0.717, 1.165) is 42.8 Å². The van der Waals surface area contributed by atoms with Gasteiger partial charge in [-0.05, 0) is 58.7 Å². The molecular weight excluding hydrogens is 446 g/mol. The molecule has 156 valence electrons. The number of carbonyl (C=O) groups is 2. The Morgan fingerprint density at radius 1 is 1.00 bits per heavy atom. The van der Waals surface area contributed by atoms with Crippen LogP contribution in [0, 0.1) is 11.3 Å². The Kier molecular flexibility index (Phi) is 7.82. The van der Waals surface area contributed by atoms with Crippen LogP contribution in [0.25, 0.3) is 0 Å². The number of rotatable bonds is 6. The van der Waals surface area contributed by atoms with Crippen molar-refractivity contribution in [2.45, 2.75) is 6.42 Å². The summed E-state index contributed by atoms with van der Waals surface area (Å²) in [7, 11) is 0. The number of halogens is 1. The molecule has 7 nitrogen and oxygen atoms in total. The second kappa shape index (κ2) is 10.8. The molecule has 30 heavy (non-hydrogen) atoms. The van der Waals surface area contributed by atoms with E-state index in [9.17, 15) is 9.59 Å². The van der Waals surface area contributed by atoms with Crippen LogP contribution in [0.15, 0.2) is 53.0 Å². The maximum absolute atomic E-state index is 12.3. The molecule has 0 aliphatic carbocycles. The average molecular weight is 470 g/mol. The number of anilines is 2. The van der Waals surface area contributed by atoms with Crippen molar-refractivity contribution in [3.8, 4) is 6.07 Å². The fourth-order valence-corrected chi connectivity index (χ4v) is 3.71. The third kappa shape index (κ3) is 6.31. The van der Waals surface area contributed by atoms with Gasteiger partial charge in [0, 0.05) is 36.3 Å². The highest BCUT2D eigenvalue weighted by Crippen LogP contribution is 2.21. The van der Waals surface area contributed by atoms with Gasteiger partial charge in [-0.25, -0.2) is 0 Å². The smallest absolute Gasteiger partial charge is 0.243 e. The van der Waals surface area contributed by atoms with Gasteiger partial charge in [-0.15, -0.1) is 0 Å². The maximum atomic E-state index is 12.3. The van der Waals surface area contributed by atoms with Gasteiger partial charge in [-0.1, -0.05) is 12.1 Å². The predicted molar refractivity (Wildman–Crippen MR) is 120 cm³/mol. The Balaban J connectivity index is 1.42. The lowest BCUT2D eigenvalue weighted by atomic mass is 10.2. The minimum absolute atomic E-state index is 0.0641. The van der Waals surface area contributed by atoms with E-state index in [1.807, 2.05) is 42.5 Å². The molecule has 2 aromatic rings. The molecule has 1 aliphatic rings. The highest BCUT2D eigenvalue weighted by Gasteiger charge is 2.18. The Labute approximate surface area is 184 Å². The van der Waals surface area contributed by atoms with Gasteiger partial charge in [0.2, 0.25) is 11.8 Å². The standard InChI is InChI=1S/C22H24BrN5O2/c23-19-4-1-2-5-20(19)26-21(29)15-25-22(30)16-27-10-3-11-28(13-12-27)18-8-6-17(14-24)7-9-18/h1-2,4-9H,3,10-13,15-16H2,(H,25,30)(H,26,29). The first-order valence-electron chi connectivity index (χ1n) is 9.83. The van der Waals surface area contributed by atoms with Gasteiger partial charge >= 0.3 is 0 Å². The van der Waals surface area contributed by atoms with Crippen LogP contribution < -0.4 is 15.5 Å². The summed E-state index contributed by atoms with van der Waals surface area (Å²) in [6.45, 7) is 3.49. The monoisotopic (exact) mass is 469 g/mol. The van der Waals surface area contributed by atoms with Crippen molar-refractivity contribution in [3.05, 3.63) is 58.6 Å². The molecular formula is C22H24BrN5O2. The Hall–Kier alpha value is -2.89. The molecule has 1 aliphatic heterocycles. The van der Waals surface area contributed by atoms with Gasteiger partial charge in [0.15, 0.2) is 0 Å². The fraction of sp³-hybridized carbons (Fsp3) is 0.318. The normalized spacial score (nSPS) is 14.5. The van der Waals surface area contributed by atoms with Crippen LogP contribution >= 0.6 is 15.9 Å². The van der Waals surface area contributed by atoms with E-state index < -0.39 is 0 Å². The molecule has 0 radical (unpaired) electrons. The van der Waals surface area contributed by atoms with Gasteiger partial charge in [-0.2, -0.15) is 5.26 Å². The van der Waals surface area contributed by atoms with Gasteiger partial charge in [0.05, 0.1) is 30.4 Å². The lowest BCUT2D eigenvalue weighted by Crippen LogP contribution is -2.41. The van der Waals surface area contributed by atoms with Gasteiger partial charge < -0.3 is 15.5 Å². The number of carbonyl (C=O) groups excluding carboxylic acids is 2. The summed E-state index contributed by atoms with van der Waals surface area (Å²) in [5.41, 5.74) is 2.41. The molecule has 3 rings (SSSR count). The Bertz CT molecular complexity index is 926. The van der Waals surface area contributed by atoms with E-state index in [1.54, 1.807) is 6.07 Å². The van der Waals surface area contributed by atoms with Crippen molar-refractivity contribution in [3.63, 3.8) is 0 Å². The lowest BCUT2D eigenvalue weighted by molar-refractivity contribution is -0.125. The van der Waals surface area contributed by atoms with Crippen LogP contribution in [-0.4, -0.2) is 56.0 Å². The van der Waals surface area contributed by atoms with Crippen molar-refractivity contribution in [2.24, 2.45) is 0 Å². The first-order chi connectivity index (χ1) is 14.5. The molecule has 8 heteroatoms. The molecule has 0 spiro atoms. The van der Waals surface area contributed by atoms with Crippen LogP contribution in [0.4, 0.5) is 11.4 Å². The number of nitrogens with zero attached hydrogens (tertiary/aromatic N) is 3. The van der Waals surface area contributed by atoms with Crippen molar-refractivity contribution in [1.82, 2.24) is 10.2 Å². The van der Waals surface area contributed by atoms with Crippen molar-refractivity contribution in [2.75, 3.05) is 49.5 Å². The third-order valence-corrected chi connectivity index (χ3v) is 5.60. The summed E-state index contributed by atoms with van der Waals surface area (Å²) < 4.78 is 0.793. The maximum Gasteiger partial charge on any atom is 0.243 e. The molecule has 2 aromatic carbocycles. The van der Waals surface area contributed by atoms with E-state index >= 15 is 0 Å². The summed E-state index contributed by atoms with van der Waals surface area (Å²) in [6.07, 6.45) is 0.940. The van der Waals surface area contributed by atoms with Crippen molar-refractivity contribution in [1.29, 1.82) is 5.26 Å². The zero-order valence-electron chi connectivity index (χ0n) is 16.6. The largest absolute Gasteiger partial charge is 0.370 e. The molecule has 1 fully saturated rings. The first-order valence-corrected chi connectivity index (χ1v) is 10.6. The molecule has 2 amide bonds. The first kappa shape index (κ1) is 21.8. The number of hydrogen-bond acceptors (Lipinski definition) is 5. The van der Waals surface area contributed by atoms with Crippen molar-refractivity contribution >= 4 is 39.1 Å². The molecule has 1 saturated heterocycles. The second-order valence-corrected chi connectivity index (χ2v) is 7.93. The third-order valence-electron chi connectivity index (χ3n) is 4.91. The highest BCUT2D eigenvalue weighted by atomic mass is 79.9. The van der Waals surface area contributed by atoms with Crippen LogP contribution in [0.3, 0.4) is 0 Å². The van der Waals surface area contributed by atoms with E-state index in [2.05, 4.69) is 42.4 Å². The topological polar surface area (TPSA) is 88.5 Å². The summed E-state index contributed by atoms with van der Waals surface area (Å²) in [5.74, 6) is -0.429. The van der Waals surface area contributed by atoms with Crippen LogP contribution in [0.2, 0.25) is 0 Å². The average Bonchev–Trinajstić information content (AvgIpc) is 2.99. The van der Waals surface area contributed by atoms with E-state index in [1.165, 1.54) is 0 Å². The molecule has 0 atom stereocenters. The minimum Gasteiger partial charge on any atom is -0.370 e. The number of para-hydroxylation sites is 1. The Morgan fingerprint density at radius 2 is 1.77 bits per heavy atom. The summed E-state index contributed by atoms with van der Waals surface area (Å²) in [6, 6.07) is 17.0. The van der Waals surface area contributed by atoms with Gasteiger partial charge in [0.1, 0.15) is 0 Å². The van der Waals surface area contributed by atoms with E-state index in [-0.39, 0.29) is 24.9 Å². The molecule has 0 unspecified atom stereocenters. The summed E-state index contributed by atoms with van der Waals surface area (Å²) >= 11 is 3.38. The summed E-state index contributed by atoms with van der Waals surface area (Å²) in [5, 5.41) is 14.4. The SMILES string of the molecule is N#Cc1ccc(N2CCCN(CC(=O)NCC(=O)Nc3ccccc3Br)CC2)cc1. The van der Waals surface area contributed by atoms with E-state index in [4.69, 9.17) is 5.26 Å². The van der Waals surface area contributed by atoms with Gasteiger partial charge in [0.25, 0.3) is 0 Å². The number of hydrogen-bond donors (Lipinski definition) is 2. The van der Waals surface area contributed by atoms with Gasteiger partial charge in [-0.3, -0.25) is 14.5 Å². The number of amides is 2. The predicted octanol–water partition coefficient (Wildman–Crippen LogP) is 2.59. The number of benzene rings is 2. The number of nitriles is 1. The molecule has 2 N–H and O–H groups in total. The molecule has 0 saturated carbocycles. The van der Waals surface area contributed by atoms with Crippen LogP contribution in [-0.2, 0) is 9.59 Å². The van der Waals surface area contributed by atoms with Crippen LogP contribution in [0.5, 0.6) is 0 Å².